The third kappa shape index (κ3) is 5.34. The Labute approximate surface area is 213 Å². The summed E-state index contributed by atoms with van der Waals surface area (Å²) in [6.45, 7) is -0.734. The van der Waals surface area contributed by atoms with E-state index in [2.05, 4.69) is 5.32 Å². The van der Waals surface area contributed by atoms with Crippen LogP contribution in [0.25, 0.3) is 0 Å². The molecule has 1 saturated heterocycles. The topological polar surface area (TPSA) is 92.8 Å². The Morgan fingerprint density at radius 3 is 2.11 bits per heavy atom. The maximum absolute atomic E-state index is 12.8. The van der Waals surface area contributed by atoms with Crippen LogP contribution in [0.2, 0.25) is 0 Å². The number of esters is 1. The van der Waals surface area contributed by atoms with Crippen molar-refractivity contribution in [2.45, 2.75) is 29.8 Å². The van der Waals surface area contributed by atoms with Gasteiger partial charge in [0.15, 0.2) is 6.61 Å². The molecule has 0 radical (unpaired) electrons. The van der Waals surface area contributed by atoms with Crippen molar-refractivity contribution in [3.05, 3.63) is 59.7 Å². The first kappa shape index (κ1) is 26.0. The Hall–Kier alpha value is -3.11. The van der Waals surface area contributed by atoms with E-state index >= 15 is 0 Å². The molecule has 2 aliphatic rings. The van der Waals surface area contributed by atoms with Gasteiger partial charge in [-0.15, -0.1) is 23.2 Å². The number of rotatable bonds is 5. The van der Waals surface area contributed by atoms with Gasteiger partial charge in [-0.3, -0.25) is 19.3 Å². The van der Waals surface area contributed by atoms with Crippen LogP contribution in [-0.4, -0.2) is 41.1 Å². The minimum Gasteiger partial charge on any atom is -0.452 e. The van der Waals surface area contributed by atoms with E-state index in [0.717, 1.165) is 23.1 Å². The average molecular weight is 543 g/mol. The molecule has 1 heterocycles. The molecule has 0 bridgehead atoms. The summed E-state index contributed by atoms with van der Waals surface area (Å²) in [5.74, 6) is -3.54. The Balaban J connectivity index is 1.35. The van der Waals surface area contributed by atoms with Crippen LogP contribution in [0.1, 0.15) is 28.8 Å². The van der Waals surface area contributed by atoms with Gasteiger partial charge in [0, 0.05) is 5.69 Å². The Morgan fingerprint density at radius 1 is 0.972 bits per heavy atom. The maximum atomic E-state index is 12.8. The van der Waals surface area contributed by atoms with Gasteiger partial charge in [-0.05, 0) is 55.3 Å². The number of anilines is 2. The van der Waals surface area contributed by atoms with E-state index in [0.29, 0.717) is 12.8 Å². The SMILES string of the molecule is O=C(COC(=O)c1ccc(N2C(=O)[C@H]3C[C@H](Cl)[C@@H](Cl)C[C@H]3C2=O)cc1)Nc1cccc(C(F)(F)F)c1. The van der Waals surface area contributed by atoms with Crippen molar-refractivity contribution in [3.8, 4) is 0 Å². The molecule has 36 heavy (non-hydrogen) atoms. The summed E-state index contributed by atoms with van der Waals surface area (Å²) in [5.41, 5.74) is -0.715. The highest BCUT2D eigenvalue weighted by Gasteiger charge is 2.52. The molecule has 1 aliphatic heterocycles. The molecule has 4 rings (SSSR count). The summed E-state index contributed by atoms with van der Waals surface area (Å²) in [6.07, 6.45) is -3.97. The molecule has 2 fully saturated rings. The molecule has 1 saturated carbocycles. The predicted molar refractivity (Wildman–Crippen MR) is 125 cm³/mol. The largest absolute Gasteiger partial charge is 0.452 e. The second-order valence-electron chi connectivity index (χ2n) is 8.48. The summed E-state index contributed by atoms with van der Waals surface area (Å²) < 4.78 is 43.3. The van der Waals surface area contributed by atoms with Gasteiger partial charge in [-0.25, -0.2) is 4.79 Å². The van der Waals surface area contributed by atoms with Gasteiger partial charge in [0.2, 0.25) is 11.8 Å². The van der Waals surface area contributed by atoms with Crippen molar-refractivity contribution in [2.24, 2.45) is 11.8 Å². The van der Waals surface area contributed by atoms with Crippen LogP contribution < -0.4 is 10.2 Å². The van der Waals surface area contributed by atoms with Crippen molar-refractivity contribution in [1.82, 2.24) is 0 Å². The standard InChI is InChI=1S/C24H19Cl2F3N2O5/c25-18-9-16-17(10-19(18)26)22(34)31(21(16)33)15-6-4-12(5-7-15)23(35)36-11-20(32)30-14-3-1-2-13(8-14)24(27,28)29/h1-8,16-19H,9-11H2,(H,30,32)/t16-,17+,18-,19-/m0/s1. The zero-order valence-electron chi connectivity index (χ0n) is 18.4. The number of nitrogens with zero attached hydrogens (tertiary/aromatic N) is 1. The number of hydrogen-bond acceptors (Lipinski definition) is 5. The third-order valence-corrected chi connectivity index (χ3v) is 7.17. The first-order chi connectivity index (χ1) is 17.0. The quantitative estimate of drug-likeness (QED) is 0.338. The average Bonchev–Trinajstić information content (AvgIpc) is 3.06. The van der Waals surface area contributed by atoms with E-state index in [1.165, 1.54) is 30.3 Å². The molecule has 190 valence electrons. The van der Waals surface area contributed by atoms with Gasteiger partial charge >= 0.3 is 12.1 Å². The normalized spacial score (nSPS) is 23.9. The van der Waals surface area contributed by atoms with Crippen LogP contribution in [0.15, 0.2) is 48.5 Å². The van der Waals surface area contributed by atoms with Crippen LogP contribution in [-0.2, 0) is 25.3 Å². The minimum absolute atomic E-state index is 0.0452. The molecule has 7 nitrogen and oxygen atoms in total. The number of amides is 3. The highest BCUT2D eigenvalue weighted by molar-refractivity contribution is 6.31. The molecular weight excluding hydrogens is 524 g/mol. The lowest BCUT2D eigenvalue weighted by Crippen LogP contribution is -2.34. The number of imide groups is 1. The molecule has 12 heteroatoms. The number of carbonyl (C=O) groups excluding carboxylic acids is 4. The predicted octanol–water partition coefficient (Wildman–Crippen LogP) is 4.62. The molecule has 0 spiro atoms. The fraction of sp³-hybridized carbons (Fsp3) is 0.333. The van der Waals surface area contributed by atoms with E-state index in [1.807, 2.05) is 0 Å². The van der Waals surface area contributed by atoms with Crippen molar-refractivity contribution in [2.75, 3.05) is 16.8 Å². The fourth-order valence-electron chi connectivity index (χ4n) is 4.28. The van der Waals surface area contributed by atoms with Crippen LogP contribution >= 0.6 is 23.2 Å². The highest BCUT2D eigenvalue weighted by Crippen LogP contribution is 2.43. The number of halogens is 5. The van der Waals surface area contributed by atoms with Gasteiger partial charge < -0.3 is 10.1 Å². The molecule has 1 aliphatic carbocycles. The Kier molecular flexibility index (Phi) is 7.28. The highest BCUT2D eigenvalue weighted by atomic mass is 35.5. The molecule has 4 atom stereocenters. The van der Waals surface area contributed by atoms with Crippen LogP contribution in [0.5, 0.6) is 0 Å². The number of fused-ring (bicyclic) bond motifs is 1. The van der Waals surface area contributed by atoms with Crippen molar-refractivity contribution < 1.29 is 37.1 Å². The molecule has 0 aromatic heterocycles. The number of carbonyl (C=O) groups is 4. The number of ether oxygens (including phenoxy) is 1. The van der Waals surface area contributed by atoms with E-state index in [9.17, 15) is 32.3 Å². The van der Waals surface area contributed by atoms with Gasteiger partial charge in [0.05, 0.1) is 39.4 Å². The van der Waals surface area contributed by atoms with Crippen molar-refractivity contribution in [1.29, 1.82) is 0 Å². The van der Waals surface area contributed by atoms with Crippen molar-refractivity contribution in [3.63, 3.8) is 0 Å². The minimum atomic E-state index is -4.57. The number of hydrogen-bond donors (Lipinski definition) is 1. The second-order valence-corrected chi connectivity index (χ2v) is 9.60. The zero-order chi connectivity index (χ0) is 26.2. The van der Waals surface area contributed by atoms with Gasteiger partial charge in [-0.1, -0.05) is 6.07 Å². The van der Waals surface area contributed by atoms with Crippen LogP contribution in [0.3, 0.4) is 0 Å². The van der Waals surface area contributed by atoms with E-state index in [-0.39, 0.29) is 28.8 Å². The van der Waals surface area contributed by atoms with Crippen LogP contribution in [0.4, 0.5) is 24.5 Å². The summed E-state index contributed by atoms with van der Waals surface area (Å²) in [5, 5.41) is 1.41. The summed E-state index contributed by atoms with van der Waals surface area (Å²) in [4.78, 5) is 51.0. The number of nitrogens with one attached hydrogen (secondary N) is 1. The molecule has 2 aromatic carbocycles. The summed E-state index contributed by atoms with van der Waals surface area (Å²) in [7, 11) is 0. The Morgan fingerprint density at radius 2 is 1.56 bits per heavy atom. The van der Waals surface area contributed by atoms with Gasteiger partial charge in [0.1, 0.15) is 0 Å². The second kappa shape index (κ2) is 10.1. The zero-order valence-corrected chi connectivity index (χ0v) is 19.9. The van der Waals surface area contributed by atoms with E-state index in [1.54, 1.807) is 0 Å². The fourth-order valence-corrected chi connectivity index (χ4v) is 4.87. The molecule has 1 N–H and O–H groups in total. The Bertz CT molecular complexity index is 1180. The smallest absolute Gasteiger partial charge is 0.416 e. The summed E-state index contributed by atoms with van der Waals surface area (Å²) >= 11 is 12.4. The molecule has 0 unspecified atom stereocenters. The van der Waals surface area contributed by atoms with E-state index < -0.39 is 52.8 Å². The number of alkyl halides is 5. The molecular formula is C24H19Cl2F3N2O5. The first-order valence-corrected chi connectivity index (χ1v) is 11.7. The lowest BCUT2D eigenvalue weighted by Gasteiger charge is -2.28. The maximum Gasteiger partial charge on any atom is 0.416 e. The van der Waals surface area contributed by atoms with Gasteiger partial charge in [0.25, 0.3) is 5.91 Å². The molecule has 2 aromatic rings. The summed E-state index contributed by atoms with van der Waals surface area (Å²) in [6, 6.07) is 9.50. The van der Waals surface area contributed by atoms with Crippen LogP contribution in [0, 0.1) is 11.8 Å². The molecule has 3 amide bonds. The monoisotopic (exact) mass is 542 g/mol. The van der Waals surface area contributed by atoms with Gasteiger partial charge in [-0.2, -0.15) is 13.2 Å². The van der Waals surface area contributed by atoms with Crippen molar-refractivity contribution >= 4 is 58.3 Å². The van der Waals surface area contributed by atoms with E-state index in [4.69, 9.17) is 27.9 Å². The lowest BCUT2D eigenvalue weighted by atomic mass is 9.80. The number of benzene rings is 2. The third-order valence-electron chi connectivity index (χ3n) is 6.08. The lowest BCUT2D eigenvalue weighted by molar-refractivity contribution is -0.137. The first-order valence-electron chi connectivity index (χ1n) is 10.9.